The number of aryl methyl sites for hydroxylation is 1. The fourth-order valence-electron chi connectivity index (χ4n) is 3.30. The lowest BCUT2D eigenvalue weighted by atomic mass is 10.1. The van der Waals surface area contributed by atoms with Crippen LogP contribution in [0.3, 0.4) is 0 Å². The predicted octanol–water partition coefficient (Wildman–Crippen LogP) is -0.570. The van der Waals surface area contributed by atoms with Crippen molar-refractivity contribution < 1.29 is 17.9 Å². The Balaban J connectivity index is 1.56. The van der Waals surface area contributed by atoms with Crippen LogP contribution in [0.5, 0.6) is 0 Å². The molecule has 1 aromatic rings. The summed E-state index contributed by atoms with van der Waals surface area (Å²) in [5.41, 5.74) is 0. The van der Waals surface area contributed by atoms with Gasteiger partial charge >= 0.3 is 0 Å². The maximum absolute atomic E-state index is 12.7. The molecule has 9 heteroatoms. The van der Waals surface area contributed by atoms with Crippen LogP contribution in [-0.4, -0.2) is 71.5 Å². The molecule has 126 valence electrons. The highest BCUT2D eigenvalue weighted by Crippen LogP contribution is 2.34. The fourth-order valence-corrected chi connectivity index (χ4v) is 4.74. The summed E-state index contributed by atoms with van der Waals surface area (Å²) in [6.45, 7) is 1.33. The van der Waals surface area contributed by atoms with Crippen LogP contribution in [-0.2, 0) is 26.6 Å². The molecule has 2 saturated heterocycles. The van der Waals surface area contributed by atoms with Gasteiger partial charge in [0.2, 0.25) is 5.91 Å². The standard InChI is InChI=1S/C14H20N4O4S/c1-16-7-13(15-9-16)23(20,21)17-5-11-12(6-17)22-8-14(19)18(11)4-10-2-3-10/h7,9-12H,2-6,8H2,1H3/t11-,12-/m1/s1. The van der Waals surface area contributed by atoms with E-state index >= 15 is 0 Å². The van der Waals surface area contributed by atoms with Crippen molar-refractivity contribution in [1.82, 2.24) is 18.8 Å². The molecule has 0 aromatic carbocycles. The fraction of sp³-hybridized carbons (Fsp3) is 0.714. The van der Waals surface area contributed by atoms with Crippen LogP contribution in [0.25, 0.3) is 0 Å². The summed E-state index contributed by atoms with van der Waals surface area (Å²) in [6, 6.07) is -0.185. The van der Waals surface area contributed by atoms with Crippen LogP contribution < -0.4 is 0 Å². The molecule has 4 rings (SSSR count). The zero-order valence-electron chi connectivity index (χ0n) is 13.0. The summed E-state index contributed by atoms with van der Waals surface area (Å²) < 4.78 is 34.0. The van der Waals surface area contributed by atoms with Gasteiger partial charge in [-0.3, -0.25) is 4.79 Å². The number of amides is 1. The van der Waals surface area contributed by atoms with Crippen molar-refractivity contribution >= 4 is 15.9 Å². The molecule has 0 unspecified atom stereocenters. The quantitative estimate of drug-likeness (QED) is 0.733. The number of sulfonamides is 1. The minimum Gasteiger partial charge on any atom is -0.365 e. The van der Waals surface area contributed by atoms with E-state index in [1.807, 2.05) is 4.90 Å². The van der Waals surface area contributed by atoms with Crippen molar-refractivity contribution in [3.63, 3.8) is 0 Å². The number of hydrogen-bond acceptors (Lipinski definition) is 5. The van der Waals surface area contributed by atoms with Gasteiger partial charge in [0, 0.05) is 32.9 Å². The normalized spacial score (nSPS) is 29.1. The molecule has 0 spiro atoms. The third kappa shape index (κ3) is 2.66. The van der Waals surface area contributed by atoms with E-state index in [-0.39, 0.29) is 42.8 Å². The lowest BCUT2D eigenvalue weighted by Gasteiger charge is -2.36. The van der Waals surface area contributed by atoms with Gasteiger partial charge in [-0.15, -0.1) is 0 Å². The molecule has 1 amide bonds. The minimum absolute atomic E-state index is 0.0322. The zero-order valence-corrected chi connectivity index (χ0v) is 13.8. The molecule has 2 atom stereocenters. The molecule has 2 aliphatic heterocycles. The summed E-state index contributed by atoms with van der Waals surface area (Å²) in [4.78, 5) is 17.9. The van der Waals surface area contributed by atoms with Gasteiger partial charge in [-0.25, -0.2) is 13.4 Å². The number of nitrogens with zero attached hydrogens (tertiary/aromatic N) is 4. The molecule has 1 aromatic heterocycles. The molecular formula is C14H20N4O4S. The Morgan fingerprint density at radius 2 is 2.13 bits per heavy atom. The Bertz CT molecular complexity index is 727. The van der Waals surface area contributed by atoms with Crippen LogP contribution in [0.4, 0.5) is 0 Å². The molecule has 23 heavy (non-hydrogen) atoms. The Hall–Kier alpha value is -1.45. The van der Waals surface area contributed by atoms with Crippen LogP contribution in [0.2, 0.25) is 0 Å². The molecular weight excluding hydrogens is 320 g/mol. The van der Waals surface area contributed by atoms with E-state index in [9.17, 15) is 13.2 Å². The van der Waals surface area contributed by atoms with E-state index in [4.69, 9.17) is 4.74 Å². The van der Waals surface area contributed by atoms with Crippen LogP contribution in [0, 0.1) is 5.92 Å². The van der Waals surface area contributed by atoms with Crippen LogP contribution in [0.15, 0.2) is 17.6 Å². The first-order valence-electron chi connectivity index (χ1n) is 7.84. The summed E-state index contributed by atoms with van der Waals surface area (Å²) in [7, 11) is -1.92. The van der Waals surface area contributed by atoms with Crippen molar-refractivity contribution in [1.29, 1.82) is 0 Å². The second kappa shape index (κ2) is 5.29. The van der Waals surface area contributed by atoms with Crippen molar-refractivity contribution in [2.75, 3.05) is 26.2 Å². The number of imidazole rings is 1. The van der Waals surface area contributed by atoms with Crippen molar-refractivity contribution in [2.24, 2.45) is 13.0 Å². The first kappa shape index (κ1) is 15.1. The lowest BCUT2D eigenvalue weighted by Crippen LogP contribution is -2.54. The van der Waals surface area contributed by atoms with Gasteiger partial charge in [-0.2, -0.15) is 4.31 Å². The van der Waals surface area contributed by atoms with Crippen molar-refractivity contribution in [3.05, 3.63) is 12.5 Å². The van der Waals surface area contributed by atoms with E-state index in [2.05, 4.69) is 4.98 Å². The van der Waals surface area contributed by atoms with Crippen molar-refractivity contribution in [3.8, 4) is 0 Å². The van der Waals surface area contributed by atoms with E-state index in [1.165, 1.54) is 16.8 Å². The molecule has 8 nitrogen and oxygen atoms in total. The zero-order chi connectivity index (χ0) is 16.2. The Morgan fingerprint density at radius 1 is 1.35 bits per heavy atom. The van der Waals surface area contributed by atoms with Gasteiger partial charge in [0.25, 0.3) is 10.0 Å². The minimum atomic E-state index is -3.65. The third-order valence-electron chi connectivity index (χ3n) is 4.78. The number of hydrogen-bond donors (Lipinski definition) is 0. The predicted molar refractivity (Wildman–Crippen MR) is 79.9 cm³/mol. The van der Waals surface area contributed by atoms with E-state index < -0.39 is 10.0 Å². The monoisotopic (exact) mass is 340 g/mol. The van der Waals surface area contributed by atoms with Crippen LogP contribution in [0.1, 0.15) is 12.8 Å². The van der Waals surface area contributed by atoms with Gasteiger partial charge < -0.3 is 14.2 Å². The molecule has 3 fully saturated rings. The topological polar surface area (TPSA) is 84.7 Å². The summed E-state index contributed by atoms with van der Waals surface area (Å²) in [5, 5.41) is 0.0405. The number of morpholine rings is 1. The van der Waals surface area contributed by atoms with Crippen LogP contribution >= 0.6 is 0 Å². The second-order valence-corrected chi connectivity index (χ2v) is 8.49. The SMILES string of the molecule is Cn1cnc(S(=O)(=O)N2C[C@@H]3[C@@H](C2)OCC(=O)N3CC2CC2)c1. The van der Waals surface area contributed by atoms with Gasteiger partial charge in [0.1, 0.15) is 6.61 Å². The number of rotatable bonds is 4. The van der Waals surface area contributed by atoms with Gasteiger partial charge in [-0.05, 0) is 18.8 Å². The molecule has 1 saturated carbocycles. The second-order valence-electron chi connectivity index (χ2n) is 6.61. The summed E-state index contributed by atoms with van der Waals surface area (Å²) in [6.07, 6.45) is 5.02. The first-order chi connectivity index (χ1) is 10.9. The number of carbonyl (C=O) groups is 1. The largest absolute Gasteiger partial charge is 0.365 e. The Morgan fingerprint density at radius 3 is 2.78 bits per heavy atom. The average molecular weight is 340 g/mol. The maximum Gasteiger partial charge on any atom is 0.262 e. The highest BCUT2D eigenvalue weighted by atomic mass is 32.2. The molecule has 1 aliphatic carbocycles. The van der Waals surface area contributed by atoms with E-state index in [0.717, 1.165) is 19.4 Å². The summed E-state index contributed by atoms with van der Waals surface area (Å²) in [5.74, 6) is 0.536. The highest BCUT2D eigenvalue weighted by molar-refractivity contribution is 7.89. The van der Waals surface area contributed by atoms with E-state index in [1.54, 1.807) is 11.6 Å². The first-order valence-corrected chi connectivity index (χ1v) is 9.28. The van der Waals surface area contributed by atoms with Crippen molar-refractivity contribution in [2.45, 2.75) is 30.0 Å². The third-order valence-corrected chi connectivity index (χ3v) is 6.50. The average Bonchev–Trinajstić information content (AvgIpc) is 3.03. The molecule has 0 radical (unpaired) electrons. The van der Waals surface area contributed by atoms with Gasteiger partial charge in [-0.1, -0.05) is 0 Å². The molecule has 0 N–H and O–H groups in total. The number of ether oxygens (including phenoxy) is 1. The Kier molecular flexibility index (Phi) is 3.47. The Labute approximate surface area is 135 Å². The number of aromatic nitrogens is 2. The number of fused-ring (bicyclic) bond motifs is 1. The lowest BCUT2D eigenvalue weighted by molar-refractivity contribution is -0.153. The maximum atomic E-state index is 12.7. The van der Waals surface area contributed by atoms with E-state index in [0.29, 0.717) is 5.92 Å². The molecule has 0 bridgehead atoms. The van der Waals surface area contributed by atoms with Gasteiger partial charge in [0.15, 0.2) is 5.03 Å². The smallest absolute Gasteiger partial charge is 0.262 e. The highest BCUT2D eigenvalue weighted by Gasteiger charge is 2.48. The number of carbonyl (C=O) groups excluding carboxylic acids is 1. The molecule has 3 heterocycles. The summed E-state index contributed by atoms with van der Waals surface area (Å²) >= 11 is 0. The molecule has 3 aliphatic rings. The van der Waals surface area contributed by atoms with Gasteiger partial charge in [0.05, 0.1) is 18.5 Å².